The number of hydrogen-bond acceptors (Lipinski definition) is 5. The molecule has 7 heteroatoms. The van der Waals surface area contributed by atoms with Crippen LogP contribution in [0.15, 0.2) is 73.7 Å². The highest BCUT2D eigenvalue weighted by atomic mass is 19.2. The van der Waals surface area contributed by atoms with Crippen molar-refractivity contribution in [2.75, 3.05) is 0 Å². The SMILES string of the molecule is C=CC(=O)Oc1ccc(-c2ccc(OC=COC(=O)C(=C)C)c(F)c2F)cc1. The molecule has 28 heavy (non-hydrogen) atoms. The lowest BCUT2D eigenvalue weighted by atomic mass is 10.0. The average molecular weight is 386 g/mol. The molecular formula is C21H16F2O5. The quantitative estimate of drug-likeness (QED) is 0.299. The summed E-state index contributed by atoms with van der Waals surface area (Å²) in [6.07, 6.45) is 2.81. The Kier molecular flexibility index (Phi) is 6.81. The van der Waals surface area contributed by atoms with Gasteiger partial charge in [-0.15, -0.1) is 0 Å². The topological polar surface area (TPSA) is 61.8 Å². The van der Waals surface area contributed by atoms with E-state index in [0.29, 0.717) is 5.56 Å². The van der Waals surface area contributed by atoms with Gasteiger partial charge >= 0.3 is 11.9 Å². The molecular weight excluding hydrogens is 370 g/mol. The molecule has 0 unspecified atom stereocenters. The molecule has 0 saturated carbocycles. The summed E-state index contributed by atoms with van der Waals surface area (Å²) in [5.41, 5.74) is 0.535. The Morgan fingerprint density at radius 1 is 1.00 bits per heavy atom. The van der Waals surface area contributed by atoms with E-state index in [1.165, 1.54) is 43.3 Å². The maximum absolute atomic E-state index is 14.4. The summed E-state index contributed by atoms with van der Waals surface area (Å²) < 4.78 is 43.1. The van der Waals surface area contributed by atoms with Crippen molar-refractivity contribution in [3.63, 3.8) is 0 Å². The molecule has 0 saturated heterocycles. The highest BCUT2D eigenvalue weighted by Crippen LogP contribution is 2.31. The van der Waals surface area contributed by atoms with Crippen molar-refractivity contribution in [1.29, 1.82) is 0 Å². The van der Waals surface area contributed by atoms with Crippen molar-refractivity contribution >= 4 is 11.9 Å². The van der Waals surface area contributed by atoms with E-state index in [1.807, 2.05) is 0 Å². The summed E-state index contributed by atoms with van der Waals surface area (Å²) >= 11 is 0. The second kappa shape index (κ2) is 9.27. The lowest BCUT2D eigenvalue weighted by Crippen LogP contribution is -2.02. The lowest BCUT2D eigenvalue weighted by molar-refractivity contribution is -0.133. The van der Waals surface area contributed by atoms with Gasteiger partial charge in [0.2, 0.25) is 5.82 Å². The summed E-state index contributed by atoms with van der Waals surface area (Å²) in [4.78, 5) is 22.3. The monoisotopic (exact) mass is 386 g/mol. The van der Waals surface area contributed by atoms with Crippen LogP contribution in [0.3, 0.4) is 0 Å². The number of carbonyl (C=O) groups is 2. The third-order valence-corrected chi connectivity index (χ3v) is 3.37. The van der Waals surface area contributed by atoms with E-state index in [9.17, 15) is 18.4 Å². The van der Waals surface area contributed by atoms with E-state index in [0.717, 1.165) is 18.6 Å². The first-order valence-electron chi connectivity index (χ1n) is 7.94. The number of hydrogen-bond donors (Lipinski definition) is 0. The fourth-order valence-corrected chi connectivity index (χ4v) is 2.00. The van der Waals surface area contributed by atoms with Gasteiger partial charge in [0.1, 0.15) is 18.3 Å². The smallest absolute Gasteiger partial charge is 0.338 e. The number of esters is 2. The summed E-state index contributed by atoms with van der Waals surface area (Å²) in [7, 11) is 0. The number of carbonyl (C=O) groups excluding carboxylic acids is 2. The molecule has 0 heterocycles. The zero-order valence-electron chi connectivity index (χ0n) is 14.9. The van der Waals surface area contributed by atoms with Crippen LogP contribution in [0.1, 0.15) is 6.92 Å². The van der Waals surface area contributed by atoms with Crippen LogP contribution in [0.2, 0.25) is 0 Å². The van der Waals surface area contributed by atoms with Crippen molar-refractivity contribution < 1.29 is 32.6 Å². The van der Waals surface area contributed by atoms with Gasteiger partial charge in [-0.1, -0.05) is 25.3 Å². The van der Waals surface area contributed by atoms with Crippen molar-refractivity contribution in [2.24, 2.45) is 0 Å². The van der Waals surface area contributed by atoms with E-state index in [2.05, 4.69) is 17.9 Å². The summed E-state index contributed by atoms with van der Waals surface area (Å²) in [6.45, 7) is 8.13. The first-order chi connectivity index (χ1) is 13.3. The summed E-state index contributed by atoms with van der Waals surface area (Å²) in [5.74, 6) is -3.79. The first kappa shape index (κ1) is 20.6. The van der Waals surface area contributed by atoms with E-state index in [-0.39, 0.29) is 22.6 Å². The maximum atomic E-state index is 14.4. The van der Waals surface area contributed by atoms with Gasteiger partial charge in [-0.25, -0.2) is 14.0 Å². The maximum Gasteiger partial charge on any atom is 0.338 e. The third-order valence-electron chi connectivity index (χ3n) is 3.37. The predicted octanol–water partition coefficient (Wildman–Crippen LogP) is 4.69. The predicted molar refractivity (Wildman–Crippen MR) is 98.3 cm³/mol. The van der Waals surface area contributed by atoms with Crippen LogP contribution in [0, 0.1) is 11.6 Å². The normalized spacial score (nSPS) is 10.4. The van der Waals surface area contributed by atoms with Crippen LogP contribution in [-0.2, 0) is 14.3 Å². The third kappa shape index (κ3) is 5.14. The Morgan fingerprint density at radius 2 is 1.68 bits per heavy atom. The minimum Gasteiger partial charge on any atom is -0.459 e. The van der Waals surface area contributed by atoms with E-state index >= 15 is 0 Å². The molecule has 2 aromatic rings. The zero-order valence-corrected chi connectivity index (χ0v) is 14.9. The molecule has 2 aromatic carbocycles. The number of benzene rings is 2. The molecule has 2 rings (SSSR count). The van der Waals surface area contributed by atoms with Gasteiger partial charge in [0, 0.05) is 17.2 Å². The van der Waals surface area contributed by atoms with Gasteiger partial charge in [0.05, 0.1) is 0 Å². The Hall–Kier alpha value is -3.74. The molecule has 0 bridgehead atoms. The molecule has 0 aromatic heterocycles. The van der Waals surface area contributed by atoms with Crippen LogP contribution < -0.4 is 9.47 Å². The Bertz CT molecular complexity index is 946. The van der Waals surface area contributed by atoms with Crippen molar-refractivity contribution in [2.45, 2.75) is 6.92 Å². The molecule has 0 atom stereocenters. The number of rotatable bonds is 7. The van der Waals surface area contributed by atoms with Crippen LogP contribution >= 0.6 is 0 Å². The van der Waals surface area contributed by atoms with E-state index < -0.39 is 23.6 Å². The molecule has 0 aliphatic carbocycles. The minimum atomic E-state index is -1.21. The molecule has 5 nitrogen and oxygen atoms in total. The van der Waals surface area contributed by atoms with Gasteiger partial charge in [-0.05, 0) is 36.8 Å². The number of halogens is 2. The fourth-order valence-electron chi connectivity index (χ4n) is 2.00. The van der Waals surface area contributed by atoms with E-state index in [4.69, 9.17) is 9.47 Å². The van der Waals surface area contributed by atoms with Gasteiger partial charge in [0.15, 0.2) is 11.6 Å². The van der Waals surface area contributed by atoms with Crippen LogP contribution in [0.5, 0.6) is 11.5 Å². The largest absolute Gasteiger partial charge is 0.459 e. The van der Waals surface area contributed by atoms with Gasteiger partial charge in [0.25, 0.3) is 0 Å². The Labute approximate surface area is 160 Å². The molecule has 0 amide bonds. The first-order valence-corrected chi connectivity index (χ1v) is 7.94. The summed E-state index contributed by atoms with van der Waals surface area (Å²) in [6, 6.07) is 8.38. The van der Waals surface area contributed by atoms with Gasteiger partial charge in [-0.3, -0.25) is 0 Å². The highest BCUT2D eigenvalue weighted by Gasteiger charge is 2.16. The van der Waals surface area contributed by atoms with Crippen molar-refractivity contribution in [3.05, 3.63) is 85.4 Å². The molecule has 0 N–H and O–H groups in total. The Morgan fingerprint density at radius 3 is 2.29 bits per heavy atom. The summed E-state index contributed by atoms with van der Waals surface area (Å²) in [5, 5.41) is 0. The number of ether oxygens (including phenoxy) is 3. The fraction of sp³-hybridized carbons (Fsp3) is 0.0476. The molecule has 0 spiro atoms. The lowest BCUT2D eigenvalue weighted by Gasteiger charge is -2.09. The molecule has 144 valence electrons. The van der Waals surface area contributed by atoms with Crippen LogP contribution in [0.4, 0.5) is 8.78 Å². The second-order valence-corrected chi connectivity index (χ2v) is 5.46. The van der Waals surface area contributed by atoms with Crippen molar-refractivity contribution in [1.82, 2.24) is 0 Å². The molecule has 0 aliphatic rings. The van der Waals surface area contributed by atoms with Crippen LogP contribution in [-0.4, -0.2) is 11.9 Å². The zero-order chi connectivity index (χ0) is 20.7. The van der Waals surface area contributed by atoms with Crippen molar-refractivity contribution in [3.8, 4) is 22.6 Å². The van der Waals surface area contributed by atoms with Gasteiger partial charge < -0.3 is 14.2 Å². The Balaban J connectivity index is 2.14. The minimum absolute atomic E-state index is 0.0101. The molecule has 0 fully saturated rings. The van der Waals surface area contributed by atoms with E-state index in [1.54, 1.807) is 0 Å². The highest BCUT2D eigenvalue weighted by molar-refractivity contribution is 5.87. The average Bonchev–Trinajstić information content (AvgIpc) is 2.68. The van der Waals surface area contributed by atoms with Gasteiger partial charge in [-0.2, -0.15) is 4.39 Å². The molecule has 0 radical (unpaired) electrons. The molecule has 0 aliphatic heterocycles. The standard InChI is InChI=1S/C21H16F2O5/c1-4-18(24)28-15-7-5-14(6-8-15)16-9-10-17(20(23)19(16)22)26-11-12-27-21(25)13(2)3/h4-12H,1-2H2,3H3. The van der Waals surface area contributed by atoms with Crippen LogP contribution in [0.25, 0.3) is 11.1 Å². The second-order valence-electron chi connectivity index (χ2n) is 5.46.